The summed E-state index contributed by atoms with van der Waals surface area (Å²) in [6.45, 7) is 2.49. The van der Waals surface area contributed by atoms with Gasteiger partial charge in [0.1, 0.15) is 5.82 Å². The number of benzene rings is 1. The van der Waals surface area contributed by atoms with E-state index >= 15 is 0 Å². The highest BCUT2D eigenvalue weighted by Crippen LogP contribution is 2.21. The van der Waals surface area contributed by atoms with E-state index in [1.165, 1.54) is 18.3 Å². The van der Waals surface area contributed by atoms with Crippen LogP contribution < -0.4 is 10.6 Å². The zero-order valence-corrected chi connectivity index (χ0v) is 12.6. The maximum absolute atomic E-state index is 12.9. The van der Waals surface area contributed by atoms with Crippen LogP contribution >= 0.6 is 12.4 Å². The molecule has 1 unspecified atom stereocenters. The largest absolute Gasteiger partial charge is 0.350 e. The third-order valence-electron chi connectivity index (χ3n) is 3.08. The van der Waals surface area contributed by atoms with Gasteiger partial charge in [0.05, 0.1) is 17.5 Å². The molecule has 7 heteroatoms. The molecule has 1 amide bonds. The number of halogens is 2. The van der Waals surface area contributed by atoms with Crippen molar-refractivity contribution in [1.29, 1.82) is 0 Å². The van der Waals surface area contributed by atoms with Crippen LogP contribution in [0.1, 0.15) is 17.3 Å². The van der Waals surface area contributed by atoms with Gasteiger partial charge in [0.2, 0.25) is 0 Å². The summed E-state index contributed by atoms with van der Waals surface area (Å²) in [5.74, 6) is -0.526. The molecule has 21 heavy (non-hydrogen) atoms. The molecule has 1 aromatic carbocycles. The molecule has 0 aliphatic heterocycles. The summed E-state index contributed by atoms with van der Waals surface area (Å²) >= 11 is 0. The number of aromatic nitrogens is 2. The van der Waals surface area contributed by atoms with E-state index in [4.69, 9.17) is 0 Å². The fourth-order valence-electron chi connectivity index (χ4n) is 1.74. The lowest BCUT2D eigenvalue weighted by atomic mass is 10.1. The molecule has 0 radical (unpaired) electrons. The first kappa shape index (κ1) is 17.1. The van der Waals surface area contributed by atoms with E-state index in [1.54, 1.807) is 12.1 Å². The van der Waals surface area contributed by atoms with Gasteiger partial charge in [0, 0.05) is 18.2 Å². The number of hydrogen-bond donors (Lipinski definition) is 3. The third kappa shape index (κ3) is 4.27. The molecule has 3 N–H and O–H groups in total. The predicted molar refractivity (Wildman–Crippen MR) is 82.1 cm³/mol. The summed E-state index contributed by atoms with van der Waals surface area (Å²) in [5.41, 5.74) is 1.75. The highest BCUT2D eigenvalue weighted by Gasteiger charge is 2.15. The van der Waals surface area contributed by atoms with Gasteiger partial charge in [-0.15, -0.1) is 12.4 Å². The number of amides is 1. The molecule has 0 saturated heterocycles. The Labute approximate surface area is 128 Å². The fourth-order valence-corrected chi connectivity index (χ4v) is 1.74. The number of carbonyl (C=O) groups is 1. The Hall–Kier alpha value is -1.92. The monoisotopic (exact) mass is 312 g/mol. The molecule has 0 saturated carbocycles. The molecule has 2 aromatic rings. The predicted octanol–water partition coefficient (Wildman–Crippen LogP) is 1.98. The lowest BCUT2D eigenvalue weighted by molar-refractivity contribution is 0.0951. The Kier molecular flexibility index (Phi) is 6.33. The minimum Gasteiger partial charge on any atom is -0.350 e. The molecular formula is C14H18ClFN4O. The van der Waals surface area contributed by atoms with Crippen molar-refractivity contribution in [2.75, 3.05) is 13.6 Å². The minimum atomic E-state index is -0.317. The third-order valence-corrected chi connectivity index (χ3v) is 3.08. The van der Waals surface area contributed by atoms with Crippen molar-refractivity contribution >= 4 is 18.3 Å². The number of hydrogen-bond acceptors (Lipinski definition) is 3. The molecular weight excluding hydrogens is 295 g/mol. The van der Waals surface area contributed by atoms with E-state index in [0.717, 1.165) is 5.56 Å². The van der Waals surface area contributed by atoms with Gasteiger partial charge in [-0.25, -0.2) is 4.39 Å². The Morgan fingerprint density at radius 1 is 1.38 bits per heavy atom. The number of aromatic amines is 1. The zero-order chi connectivity index (χ0) is 14.5. The zero-order valence-electron chi connectivity index (χ0n) is 11.8. The van der Waals surface area contributed by atoms with Crippen molar-refractivity contribution < 1.29 is 9.18 Å². The first-order chi connectivity index (χ1) is 9.61. The molecule has 1 atom stereocenters. The van der Waals surface area contributed by atoms with Crippen LogP contribution in [0.2, 0.25) is 0 Å². The fraction of sp³-hybridized carbons (Fsp3) is 0.286. The molecule has 0 bridgehead atoms. The molecule has 1 heterocycles. The van der Waals surface area contributed by atoms with Gasteiger partial charge in [-0.2, -0.15) is 5.10 Å². The second kappa shape index (κ2) is 7.75. The van der Waals surface area contributed by atoms with E-state index in [2.05, 4.69) is 20.8 Å². The van der Waals surface area contributed by atoms with Gasteiger partial charge < -0.3 is 10.6 Å². The summed E-state index contributed by atoms with van der Waals surface area (Å²) in [5, 5.41) is 12.5. The van der Waals surface area contributed by atoms with Crippen molar-refractivity contribution in [3.8, 4) is 11.3 Å². The van der Waals surface area contributed by atoms with Gasteiger partial charge in [-0.05, 0) is 38.2 Å². The average Bonchev–Trinajstić information content (AvgIpc) is 2.94. The van der Waals surface area contributed by atoms with Crippen LogP contribution in [-0.4, -0.2) is 35.7 Å². The van der Waals surface area contributed by atoms with Gasteiger partial charge >= 0.3 is 0 Å². The SMILES string of the molecule is CNC(C)CNC(=O)c1cn[nH]c1-c1ccc(F)cc1.Cl. The van der Waals surface area contributed by atoms with Crippen molar-refractivity contribution in [3.05, 3.63) is 41.8 Å². The summed E-state index contributed by atoms with van der Waals surface area (Å²) in [7, 11) is 1.83. The molecule has 0 aliphatic rings. The molecule has 2 rings (SSSR count). The average molecular weight is 313 g/mol. The quantitative estimate of drug-likeness (QED) is 0.790. The molecule has 114 valence electrons. The number of likely N-dealkylation sites (N-methyl/N-ethyl adjacent to an activating group) is 1. The first-order valence-corrected chi connectivity index (χ1v) is 6.36. The maximum Gasteiger partial charge on any atom is 0.255 e. The Balaban J connectivity index is 0.00000220. The second-order valence-electron chi connectivity index (χ2n) is 4.57. The number of rotatable bonds is 5. The molecule has 1 aromatic heterocycles. The van der Waals surface area contributed by atoms with Gasteiger partial charge in [0.25, 0.3) is 5.91 Å². The first-order valence-electron chi connectivity index (χ1n) is 6.36. The smallest absolute Gasteiger partial charge is 0.255 e. The highest BCUT2D eigenvalue weighted by molar-refractivity contribution is 5.99. The summed E-state index contributed by atoms with van der Waals surface area (Å²) < 4.78 is 12.9. The molecule has 0 aliphatic carbocycles. The van der Waals surface area contributed by atoms with E-state index in [-0.39, 0.29) is 30.2 Å². The van der Waals surface area contributed by atoms with Crippen LogP contribution in [0, 0.1) is 5.82 Å². The Bertz CT molecular complexity index is 585. The van der Waals surface area contributed by atoms with Crippen LogP contribution in [0.3, 0.4) is 0 Å². The topological polar surface area (TPSA) is 69.8 Å². The molecule has 0 spiro atoms. The lowest BCUT2D eigenvalue weighted by Crippen LogP contribution is -2.37. The van der Waals surface area contributed by atoms with E-state index in [1.807, 2.05) is 14.0 Å². The van der Waals surface area contributed by atoms with E-state index < -0.39 is 0 Å². The maximum atomic E-state index is 12.9. The van der Waals surface area contributed by atoms with Crippen molar-refractivity contribution in [3.63, 3.8) is 0 Å². The van der Waals surface area contributed by atoms with Crippen molar-refractivity contribution in [2.24, 2.45) is 0 Å². The van der Waals surface area contributed by atoms with Crippen LogP contribution in [0.25, 0.3) is 11.3 Å². The number of nitrogens with zero attached hydrogens (tertiary/aromatic N) is 1. The highest BCUT2D eigenvalue weighted by atomic mass is 35.5. The molecule has 5 nitrogen and oxygen atoms in total. The van der Waals surface area contributed by atoms with E-state index in [0.29, 0.717) is 17.8 Å². The second-order valence-corrected chi connectivity index (χ2v) is 4.57. The standard InChI is InChI=1S/C14H17FN4O.ClH/c1-9(16-2)7-17-14(20)12-8-18-19-13(12)10-3-5-11(15)6-4-10;/h3-6,8-9,16H,7H2,1-2H3,(H,17,20)(H,18,19);1H. The Morgan fingerprint density at radius 3 is 2.67 bits per heavy atom. The number of nitrogens with one attached hydrogen (secondary N) is 3. The van der Waals surface area contributed by atoms with E-state index in [9.17, 15) is 9.18 Å². The minimum absolute atomic E-state index is 0. The van der Waals surface area contributed by atoms with Crippen LogP contribution in [0.5, 0.6) is 0 Å². The van der Waals surface area contributed by atoms with Crippen molar-refractivity contribution in [1.82, 2.24) is 20.8 Å². The van der Waals surface area contributed by atoms with Crippen LogP contribution in [0.15, 0.2) is 30.5 Å². The van der Waals surface area contributed by atoms with Gasteiger partial charge in [0.15, 0.2) is 0 Å². The number of carbonyl (C=O) groups excluding carboxylic acids is 1. The normalized spacial score (nSPS) is 11.6. The summed E-state index contributed by atoms with van der Waals surface area (Å²) in [6, 6.07) is 6.09. The van der Waals surface area contributed by atoms with Gasteiger partial charge in [-0.3, -0.25) is 9.89 Å². The van der Waals surface area contributed by atoms with Gasteiger partial charge in [-0.1, -0.05) is 0 Å². The van der Waals surface area contributed by atoms with Crippen LogP contribution in [-0.2, 0) is 0 Å². The summed E-state index contributed by atoms with van der Waals surface area (Å²) in [6.07, 6.45) is 1.47. The van der Waals surface area contributed by atoms with Crippen molar-refractivity contribution in [2.45, 2.75) is 13.0 Å². The van der Waals surface area contributed by atoms with Crippen LogP contribution in [0.4, 0.5) is 4.39 Å². The summed E-state index contributed by atoms with van der Waals surface area (Å²) in [4.78, 5) is 12.1. The Morgan fingerprint density at radius 2 is 2.05 bits per heavy atom. The lowest BCUT2D eigenvalue weighted by Gasteiger charge is -2.11. The molecule has 0 fully saturated rings. The number of H-pyrrole nitrogens is 1.